The highest BCUT2D eigenvalue weighted by molar-refractivity contribution is 8.16. The molecule has 2 aromatic rings. The number of hydrogen-bond acceptors (Lipinski definition) is 4. The van der Waals surface area contributed by atoms with E-state index in [-0.39, 0.29) is 35.1 Å². The van der Waals surface area contributed by atoms with E-state index in [1.165, 1.54) is 11.8 Å². The molecule has 2 heterocycles. The third-order valence-electron chi connectivity index (χ3n) is 4.86. The van der Waals surface area contributed by atoms with Crippen molar-refractivity contribution in [2.24, 2.45) is 4.99 Å². The Kier molecular flexibility index (Phi) is 4.82. The Hall–Kier alpha value is -2.12. The van der Waals surface area contributed by atoms with Gasteiger partial charge in [0, 0.05) is 10.9 Å². The molecule has 140 valence electrons. The molecule has 0 aliphatic carbocycles. The molecule has 2 fully saturated rings. The molecule has 0 bridgehead atoms. The Morgan fingerprint density at radius 3 is 2.56 bits per heavy atom. The monoisotopic (exact) mass is 400 g/mol. The minimum atomic E-state index is -3.06. The first kappa shape index (κ1) is 18.3. The highest BCUT2D eigenvalue weighted by Crippen LogP contribution is 2.41. The maximum Gasteiger partial charge on any atom is 0.252 e. The van der Waals surface area contributed by atoms with Crippen molar-refractivity contribution < 1.29 is 13.2 Å². The van der Waals surface area contributed by atoms with Crippen LogP contribution in [0, 0.1) is 6.92 Å². The van der Waals surface area contributed by atoms with Gasteiger partial charge in [-0.05, 0) is 24.1 Å². The van der Waals surface area contributed by atoms with E-state index in [0.717, 1.165) is 16.8 Å². The van der Waals surface area contributed by atoms with Crippen LogP contribution in [0.4, 0.5) is 5.69 Å². The normalized spacial score (nSPS) is 24.9. The molecule has 0 spiro atoms. The number of para-hydroxylation sites is 1. The highest BCUT2D eigenvalue weighted by atomic mass is 32.2. The lowest BCUT2D eigenvalue weighted by atomic mass is 10.1. The predicted octanol–water partition coefficient (Wildman–Crippen LogP) is 2.84. The molecule has 0 aromatic heterocycles. The molecule has 5 nitrogen and oxygen atoms in total. The summed E-state index contributed by atoms with van der Waals surface area (Å²) < 4.78 is 24.3. The second kappa shape index (κ2) is 7.13. The van der Waals surface area contributed by atoms with Gasteiger partial charge in [-0.25, -0.2) is 8.42 Å². The zero-order chi connectivity index (χ0) is 19.0. The summed E-state index contributed by atoms with van der Waals surface area (Å²) in [6, 6.07) is 17.2. The third kappa shape index (κ3) is 3.80. The van der Waals surface area contributed by atoms with Gasteiger partial charge in [0.15, 0.2) is 15.0 Å². The number of hydrogen-bond donors (Lipinski definition) is 0. The van der Waals surface area contributed by atoms with Gasteiger partial charge >= 0.3 is 0 Å². The zero-order valence-corrected chi connectivity index (χ0v) is 16.5. The quantitative estimate of drug-likeness (QED) is 0.793. The van der Waals surface area contributed by atoms with E-state index in [2.05, 4.69) is 4.99 Å². The summed E-state index contributed by atoms with van der Waals surface area (Å²) in [5.74, 6) is 0.0201. The molecule has 0 radical (unpaired) electrons. The SMILES string of the molecule is Cc1ccccc1N1C(=NC(=O)Cc2ccccc2)S[C@@H]2CS(=O)(=O)C[C@H]21. The molecular weight excluding hydrogens is 380 g/mol. The van der Waals surface area contributed by atoms with Crippen molar-refractivity contribution in [3.8, 4) is 0 Å². The molecule has 0 N–H and O–H groups in total. The second-order valence-electron chi connectivity index (χ2n) is 6.91. The number of aryl methyl sites for hydroxylation is 1. The molecule has 27 heavy (non-hydrogen) atoms. The van der Waals surface area contributed by atoms with E-state index in [1.54, 1.807) is 0 Å². The Morgan fingerprint density at radius 2 is 1.81 bits per heavy atom. The van der Waals surface area contributed by atoms with Crippen LogP contribution in [-0.2, 0) is 21.1 Å². The molecule has 2 saturated heterocycles. The van der Waals surface area contributed by atoms with Crippen LogP contribution >= 0.6 is 11.8 Å². The van der Waals surface area contributed by atoms with Gasteiger partial charge in [0.2, 0.25) is 0 Å². The minimum absolute atomic E-state index is 0.0853. The summed E-state index contributed by atoms with van der Waals surface area (Å²) >= 11 is 1.41. The summed E-state index contributed by atoms with van der Waals surface area (Å²) in [5.41, 5.74) is 2.87. The summed E-state index contributed by atoms with van der Waals surface area (Å²) in [6.45, 7) is 1.99. The van der Waals surface area contributed by atoms with E-state index in [9.17, 15) is 13.2 Å². The number of nitrogens with zero attached hydrogens (tertiary/aromatic N) is 2. The Bertz CT molecular complexity index is 1000. The van der Waals surface area contributed by atoms with Gasteiger partial charge in [-0.3, -0.25) is 4.79 Å². The van der Waals surface area contributed by atoms with Crippen LogP contribution in [-0.4, -0.2) is 42.3 Å². The van der Waals surface area contributed by atoms with Crippen molar-refractivity contribution >= 4 is 38.4 Å². The molecule has 7 heteroatoms. The fourth-order valence-corrected chi connectivity index (χ4v) is 7.52. The van der Waals surface area contributed by atoms with Crippen LogP contribution in [0.15, 0.2) is 59.6 Å². The maximum absolute atomic E-state index is 12.5. The topological polar surface area (TPSA) is 66.8 Å². The van der Waals surface area contributed by atoms with Crippen LogP contribution in [0.1, 0.15) is 11.1 Å². The average Bonchev–Trinajstić information content (AvgIpc) is 3.07. The van der Waals surface area contributed by atoms with Gasteiger partial charge < -0.3 is 4.90 Å². The second-order valence-corrected chi connectivity index (χ2v) is 10.3. The number of amidine groups is 1. The maximum atomic E-state index is 12.5. The van der Waals surface area contributed by atoms with Crippen LogP contribution in [0.2, 0.25) is 0 Å². The molecule has 0 saturated carbocycles. The number of carbonyl (C=O) groups excluding carboxylic acids is 1. The largest absolute Gasteiger partial charge is 0.315 e. The Morgan fingerprint density at radius 1 is 1.11 bits per heavy atom. The zero-order valence-electron chi connectivity index (χ0n) is 14.9. The van der Waals surface area contributed by atoms with Gasteiger partial charge in [-0.15, -0.1) is 0 Å². The summed E-state index contributed by atoms with van der Waals surface area (Å²) in [5, 5.41) is 0.521. The van der Waals surface area contributed by atoms with Gasteiger partial charge in [0.25, 0.3) is 5.91 Å². The van der Waals surface area contributed by atoms with Gasteiger partial charge in [-0.2, -0.15) is 4.99 Å². The van der Waals surface area contributed by atoms with Crippen LogP contribution in [0.3, 0.4) is 0 Å². The van der Waals surface area contributed by atoms with Crippen LogP contribution in [0.5, 0.6) is 0 Å². The Balaban J connectivity index is 1.67. The number of fused-ring (bicyclic) bond motifs is 1. The number of carbonyl (C=O) groups is 1. The van der Waals surface area contributed by atoms with Crippen molar-refractivity contribution in [3.05, 3.63) is 65.7 Å². The van der Waals surface area contributed by atoms with E-state index in [4.69, 9.17) is 0 Å². The standard InChI is InChI=1S/C20H20N2O3S2/c1-14-7-5-6-10-16(14)22-17-12-27(24,25)13-18(17)26-20(22)21-19(23)11-15-8-3-2-4-9-15/h2-10,17-18H,11-13H2,1H3/t17-,18-/m1/s1. The first-order chi connectivity index (χ1) is 12.9. The summed E-state index contributed by atoms with van der Waals surface area (Å²) in [4.78, 5) is 18.9. The number of aliphatic imine (C=N–C) groups is 1. The molecule has 4 rings (SSSR count). The fraction of sp³-hybridized carbons (Fsp3) is 0.300. The van der Waals surface area contributed by atoms with Crippen LogP contribution < -0.4 is 4.90 Å². The lowest BCUT2D eigenvalue weighted by Gasteiger charge is -2.26. The van der Waals surface area contributed by atoms with E-state index < -0.39 is 9.84 Å². The first-order valence-corrected chi connectivity index (χ1v) is 11.5. The molecular formula is C20H20N2O3S2. The summed E-state index contributed by atoms with van der Waals surface area (Å²) in [7, 11) is -3.06. The fourth-order valence-electron chi connectivity index (χ4n) is 3.60. The smallest absolute Gasteiger partial charge is 0.252 e. The van der Waals surface area contributed by atoms with E-state index in [1.807, 2.05) is 66.4 Å². The lowest BCUT2D eigenvalue weighted by Crippen LogP contribution is -2.38. The molecule has 2 aromatic carbocycles. The van der Waals surface area contributed by atoms with Gasteiger partial charge in [0.1, 0.15) is 0 Å². The van der Waals surface area contributed by atoms with Crippen molar-refractivity contribution in [2.75, 3.05) is 16.4 Å². The van der Waals surface area contributed by atoms with Crippen LogP contribution in [0.25, 0.3) is 0 Å². The number of rotatable bonds is 3. The average molecular weight is 401 g/mol. The van der Waals surface area contributed by atoms with Gasteiger partial charge in [-0.1, -0.05) is 60.3 Å². The summed E-state index contributed by atoms with van der Waals surface area (Å²) in [6.07, 6.45) is 0.236. The van der Waals surface area contributed by atoms with Crippen molar-refractivity contribution in [3.63, 3.8) is 0 Å². The van der Waals surface area contributed by atoms with E-state index in [0.29, 0.717) is 5.17 Å². The molecule has 2 aliphatic heterocycles. The van der Waals surface area contributed by atoms with Crippen molar-refractivity contribution in [1.29, 1.82) is 0 Å². The van der Waals surface area contributed by atoms with Crippen molar-refractivity contribution in [2.45, 2.75) is 24.6 Å². The number of amides is 1. The number of anilines is 1. The van der Waals surface area contributed by atoms with Gasteiger partial charge in [0.05, 0.1) is 24.0 Å². The molecule has 1 amide bonds. The number of benzene rings is 2. The predicted molar refractivity (Wildman–Crippen MR) is 110 cm³/mol. The Labute approximate surface area is 163 Å². The number of sulfone groups is 1. The number of thioether (sulfide) groups is 1. The first-order valence-electron chi connectivity index (χ1n) is 8.80. The molecule has 0 unspecified atom stereocenters. The molecule has 2 aliphatic rings. The van der Waals surface area contributed by atoms with Crippen molar-refractivity contribution in [1.82, 2.24) is 0 Å². The third-order valence-corrected chi connectivity index (χ3v) is 8.07. The molecule has 2 atom stereocenters. The minimum Gasteiger partial charge on any atom is -0.315 e. The van der Waals surface area contributed by atoms with E-state index >= 15 is 0 Å². The highest BCUT2D eigenvalue weighted by Gasteiger charge is 2.49. The lowest BCUT2D eigenvalue weighted by molar-refractivity contribution is -0.117.